The molecule has 2 aromatic rings. The van der Waals surface area contributed by atoms with E-state index in [1.54, 1.807) is 6.20 Å². The molecule has 1 fully saturated rings. The Kier molecular flexibility index (Phi) is 5.50. The van der Waals surface area contributed by atoms with Crippen LogP contribution in [0.2, 0.25) is 0 Å². The zero-order valence-corrected chi connectivity index (χ0v) is 15.7. The second kappa shape index (κ2) is 8.22. The Morgan fingerprint density at radius 2 is 2.07 bits per heavy atom. The molecule has 1 saturated heterocycles. The van der Waals surface area contributed by atoms with Crippen molar-refractivity contribution >= 4 is 11.7 Å². The molecule has 1 spiro atoms. The smallest absolute Gasteiger partial charge is 0.234 e. The van der Waals surface area contributed by atoms with Crippen LogP contribution in [0.1, 0.15) is 24.1 Å². The van der Waals surface area contributed by atoms with Crippen LogP contribution in [0.3, 0.4) is 0 Å². The number of hydroxylamine groups is 1. The maximum Gasteiger partial charge on any atom is 0.234 e. The number of rotatable bonds is 5. The van der Waals surface area contributed by atoms with Crippen LogP contribution in [0.15, 0.2) is 47.6 Å². The van der Waals surface area contributed by atoms with Gasteiger partial charge in [-0.3, -0.25) is 14.7 Å². The lowest BCUT2D eigenvalue weighted by atomic mass is 10.0. The number of amides is 1. The van der Waals surface area contributed by atoms with E-state index in [1.807, 2.05) is 23.1 Å². The van der Waals surface area contributed by atoms with E-state index in [9.17, 15) is 13.6 Å². The van der Waals surface area contributed by atoms with Crippen LogP contribution in [-0.4, -0.2) is 47.0 Å². The number of aromatic nitrogens is 1. The van der Waals surface area contributed by atoms with Gasteiger partial charge >= 0.3 is 0 Å². The molecule has 0 radical (unpaired) electrons. The fourth-order valence-electron chi connectivity index (χ4n) is 3.40. The Morgan fingerprint density at radius 3 is 2.79 bits per heavy atom. The van der Waals surface area contributed by atoms with Gasteiger partial charge in [0.15, 0.2) is 11.6 Å². The third kappa shape index (κ3) is 4.57. The summed E-state index contributed by atoms with van der Waals surface area (Å²) in [6.45, 7) is 1.49. The highest BCUT2D eigenvalue weighted by Gasteiger charge is 2.40. The first-order valence-electron chi connectivity index (χ1n) is 9.41. The number of carbonyl (C=O) groups is 1. The lowest BCUT2D eigenvalue weighted by Gasteiger charge is -2.35. The van der Waals surface area contributed by atoms with Crippen molar-refractivity contribution in [3.05, 3.63) is 65.5 Å². The molecule has 0 saturated carbocycles. The molecule has 152 valence electrons. The number of hydrogen-bond acceptors (Lipinski definition) is 6. The van der Waals surface area contributed by atoms with E-state index in [4.69, 9.17) is 4.84 Å². The van der Waals surface area contributed by atoms with Crippen LogP contribution in [0.5, 0.6) is 0 Å². The highest BCUT2D eigenvalue weighted by atomic mass is 19.1. The van der Waals surface area contributed by atoms with Gasteiger partial charge in [-0.15, -0.1) is 0 Å². The Morgan fingerprint density at radius 1 is 1.24 bits per heavy atom. The molecular weight excluding hydrogens is 380 g/mol. The number of likely N-dealkylation sites (tertiary alicyclic amines) is 1. The van der Waals surface area contributed by atoms with Gasteiger partial charge in [0, 0.05) is 50.3 Å². The molecule has 1 amide bonds. The maximum absolute atomic E-state index is 13.6. The van der Waals surface area contributed by atoms with Crippen molar-refractivity contribution in [3.8, 4) is 0 Å². The van der Waals surface area contributed by atoms with E-state index >= 15 is 0 Å². The number of pyridine rings is 1. The fraction of sp³-hybridized carbons (Fsp3) is 0.350. The van der Waals surface area contributed by atoms with Gasteiger partial charge in [-0.25, -0.2) is 24.1 Å². The van der Waals surface area contributed by atoms with Gasteiger partial charge in [0.1, 0.15) is 17.3 Å². The SMILES string of the molecule is O=C(CN1CCC2(CC1)N=C(c1ccccn1)NO2)NCc1ccc(F)cc1F. The molecule has 29 heavy (non-hydrogen) atoms. The van der Waals surface area contributed by atoms with Gasteiger partial charge in [-0.2, -0.15) is 0 Å². The molecule has 3 heterocycles. The van der Waals surface area contributed by atoms with Gasteiger partial charge < -0.3 is 5.32 Å². The van der Waals surface area contributed by atoms with Crippen molar-refractivity contribution in [2.24, 2.45) is 4.99 Å². The van der Waals surface area contributed by atoms with E-state index in [-0.39, 0.29) is 24.6 Å². The number of aliphatic imine (C=N–C) groups is 1. The quantitative estimate of drug-likeness (QED) is 0.798. The topological polar surface area (TPSA) is 78.9 Å². The first-order valence-corrected chi connectivity index (χ1v) is 9.41. The van der Waals surface area contributed by atoms with Crippen LogP contribution in [0.25, 0.3) is 0 Å². The highest BCUT2D eigenvalue weighted by molar-refractivity contribution is 5.97. The van der Waals surface area contributed by atoms with Crippen molar-refractivity contribution in [1.29, 1.82) is 0 Å². The zero-order chi connectivity index (χ0) is 20.3. The van der Waals surface area contributed by atoms with Crippen molar-refractivity contribution in [3.63, 3.8) is 0 Å². The predicted molar refractivity (Wildman–Crippen MR) is 102 cm³/mol. The van der Waals surface area contributed by atoms with Gasteiger partial charge in [0.25, 0.3) is 0 Å². The highest BCUT2D eigenvalue weighted by Crippen LogP contribution is 2.30. The van der Waals surface area contributed by atoms with E-state index in [0.29, 0.717) is 31.8 Å². The van der Waals surface area contributed by atoms with Crippen molar-refractivity contribution in [2.45, 2.75) is 25.1 Å². The molecule has 1 aromatic carbocycles. The van der Waals surface area contributed by atoms with E-state index in [1.165, 1.54) is 12.1 Å². The normalized spacial score (nSPS) is 18.3. The summed E-state index contributed by atoms with van der Waals surface area (Å²) < 4.78 is 26.6. The molecular formula is C20H21F2N5O2. The summed E-state index contributed by atoms with van der Waals surface area (Å²) in [4.78, 5) is 28.9. The van der Waals surface area contributed by atoms with Crippen molar-refractivity contribution in [2.75, 3.05) is 19.6 Å². The van der Waals surface area contributed by atoms with E-state index < -0.39 is 17.4 Å². The average molecular weight is 401 g/mol. The fourth-order valence-corrected chi connectivity index (χ4v) is 3.40. The molecule has 2 aliphatic rings. The second-order valence-electron chi connectivity index (χ2n) is 7.11. The Balaban J connectivity index is 1.27. The minimum Gasteiger partial charge on any atom is -0.351 e. The first-order chi connectivity index (χ1) is 14.0. The minimum atomic E-state index is -0.669. The summed E-state index contributed by atoms with van der Waals surface area (Å²) in [5, 5.41) is 2.67. The number of carbonyl (C=O) groups excluding carboxylic acids is 1. The molecule has 2 N–H and O–H groups in total. The van der Waals surface area contributed by atoms with E-state index in [0.717, 1.165) is 11.8 Å². The summed E-state index contributed by atoms with van der Waals surface area (Å²) in [6.07, 6.45) is 2.97. The first kappa shape index (κ1) is 19.4. The second-order valence-corrected chi connectivity index (χ2v) is 7.11. The average Bonchev–Trinajstić information content (AvgIpc) is 3.14. The summed E-state index contributed by atoms with van der Waals surface area (Å²) >= 11 is 0. The Hall–Kier alpha value is -2.91. The molecule has 1 aromatic heterocycles. The van der Waals surface area contributed by atoms with E-state index in [2.05, 4.69) is 20.8 Å². The number of nitrogens with one attached hydrogen (secondary N) is 2. The van der Waals surface area contributed by atoms with Crippen LogP contribution >= 0.6 is 0 Å². The standard InChI is InChI=1S/C20H21F2N5O2/c21-15-5-4-14(16(22)11-15)12-24-18(28)13-27-9-6-20(7-10-27)25-19(26-29-20)17-3-1-2-8-23-17/h1-5,8,11H,6-7,9-10,12-13H2,(H,24,28)(H,25,26). The summed E-state index contributed by atoms with van der Waals surface area (Å²) in [6, 6.07) is 8.89. The third-order valence-corrected chi connectivity index (χ3v) is 5.06. The molecule has 4 rings (SSSR count). The monoisotopic (exact) mass is 401 g/mol. The Bertz CT molecular complexity index is 914. The van der Waals surface area contributed by atoms with Crippen LogP contribution in [0, 0.1) is 11.6 Å². The number of piperidine rings is 1. The molecule has 0 bridgehead atoms. The number of amidine groups is 1. The van der Waals surface area contributed by atoms with Gasteiger partial charge in [0.05, 0.1) is 6.54 Å². The minimum absolute atomic E-state index is 0.0213. The molecule has 2 aliphatic heterocycles. The molecule has 0 aliphatic carbocycles. The number of halogens is 2. The van der Waals surface area contributed by atoms with Crippen molar-refractivity contribution in [1.82, 2.24) is 20.7 Å². The molecule has 0 unspecified atom stereocenters. The van der Waals surface area contributed by atoms with Gasteiger partial charge in [0.2, 0.25) is 5.91 Å². The number of benzene rings is 1. The third-order valence-electron chi connectivity index (χ3n) is 5.06. The van der Waals surface area contributed by atoms with Gasteiger partial charge in [-0.05, 0) is 18.2 Å². The number of hydrogen-bond donors (Lipinski definition) is 2. The summed E-state index contributed by atoms with van der Waals surface area (Å²) in [7, 11) is 0. The van der Waals surface area contributed by atoms with Crippen molar-refractivity contribution < 1.29 is 18.4 Å². The Labute approximate surface area is 166 Å². The van der Waals surface area contributed by atoms with Crippen LogP contribution in [0.4, 0.5) is 8.78 Å². The largest absolute Gasteiger partial charge is 0.351 e. The number of nitrogens with zero attached hydrogens (tertiary/aromatic N) is 3. The molecule has 0 atom stereocenters. The molecule has 7 nitrogen and oxygen atoms in total. The lowest BCUT2D eigenvalue weighted by molar-refractivity contribution is -0.125. The summed E-state index contributed by atoms with van der Waals surface area (Å²) in [5.74, 6) is -0.916. The lowest BCUT2D eigenvalue weighted by Crippen LogP contribution is -2.47. The summed E-state index contributed by atoms with van der Waals surface area (Å²) in [5.41, 5.74) is 3.19. The zero-order valence-electron chi connectivity index (χ0n) is 15.7. The van der Waals surface area contributed by atoms with Gasteiger partial charge in [-0.1, -0.05) is 12.1 Å². The predicted octanol–water partition coefficient (Wildman–Crippen LogP) is 1.75. The van der Waals surface area contributed by atoms with Crippen LogP contribution in [-0.2, 0) is 16.2 Å². The van der Waals surface area contributed by atoms with Crippen LogP contribution < -0.4 is 10.8 Å². The maximum atomic E-state index is 13.6. The molecule has 9 heteroatoms.